The van der Waals surface area contributed by atoms with Crippen molar-refractivity contribution in [3.63, 3.8) is 0 Å². The Hall–Kier alpha value is -3.06. The van der Waals surface area contributed by atoms with Crippen LogP contribution in [0, 0.1) is 12.7 Å². The first-order valence-electron chi connectivity index (χ1n) is 12.8. The van der Waals surface area contributed by atoms with Crippen molar-refractivity contribution in [2.75, 3.05) is 13.2 Å². The number of β-amino-alcohol motifs (C(OH)–C–C–N with tert-alkyl or cyclic N) is 1. The molecule has 6 heteroatoms. The van der Waals surface area contributed by atoms with Gasteiger partial charge in [0.15, 0.2) is 0 Å². The van der Waals surface area contributed by atoms with Gasteiger partial charge in [0.1, 0.15) is 5.82 Å². The SMILES string of the molecule is CCc1cc(-c2ccccc2C(C)OCC(O)CNC(C)(C)Cc2ccc(C)c(F)c2)ccc1C(=O)O. The van der Waals surface area contributed by atoms with Crippen molar-refractivity contribution < 1.29 is 24.1 Å². The summed E-state index contributed by atoms with van der Waals surface area (Å²) < 4.78 is 20.0. The summed E-state index contributed by atoms with van der Waals surface area (Å²) in [5, 5.41) is 23.4. The summed E-state index contributed by atoms with van der Waals surface area (Å²) in [6.07, 6.45) is 0.254. The molecular weight excluding hydrogens is 469 g/mol. The third-order valence-corrected chi connectivity index (χ3v) is 6.66. The summed E-state index contributed by atoms with van der Waals surface area (Å²) in [5.41, 5.74) is 5.17. The molecule has 0 spiro atoms. The van der Waals surface area contributed by atoms with Crippen molar-refractivity contribution in [3.05, 3.63) is 94.3 Å². The molecule has 0 saturated heterocycles. The van der Waals surface area contributed by atoms with E-state index in [1.165, 1.54) is 0 Å². The lowest BCUT2D eigenvalue weighted by atomic mass is 9.93. The lowest BCUT2D eigenvalue weighted by Gasteiger charge is -2.28. The quantitative estimate of drug-likeness (QED) is 0.276. The van der Waals surface area contributed by atoms with Crippen molar-refractivity contribution in [2.45, 2.75) is 65.2 Å². The summed E-state index contributed by atoms with van der Waals surface area (Å²) in [6.45, 7) is 10.2. The highest BCUT2D eigenvalue weighted by Gasteiger charge is 2.21. The number of aliphatic hydroxyl groups is 1. The minimum absolute atomic E-state index is 0.149. The van der Waals surface area contributed by atoms with Gasteiger partial charge in [-0.05, 0) is 86.1 Å². The summed E-state index contributed by atoms with van der Waals surface area (Å²) >= 11 is 0. The summed E-state index contributed by atoms with van der Waals surface area (Å²) in [5.74, 6) is -1.13. The molecule has 0 aliphatic rings. The Kier molecular flexibility index (Phi) is 9.60. The smallest absolute Gasteiger partial charge is 0.335 e. The van der Waals surface area contributed by atoms with E-state index in [0.29, 0.717) is 30.5 Å². The van der Waals surface area contributed by atoms with Crippen LogP contribution in [-0.2, 0) is 17.6 Å². The molecule has 3 aromatic rings. The van der Waals surface area contributed by atoms with Crippen molar-refractivity contribution in [2.24, 2.45) is 0 Å². The molecule has 0 radical (unpaired) electrons. The maximum Gasteiger partial charge on any atom is 0.335 e. The second kappa shape index (κ2) is 12.5. The number of rotatable bonds is 12. The molecule has 0 bridgehead atoms. The van der Waals surface area contributed by atoms with Gasteiger partial charge in [-0.3, -0.25) is 0 Å². The van der Waals surface area contributed by atoms with E-state index >= 15 is 0 Å². The normalized spacial score (nSPS) is 13.4. The first-order chi connectivity index (χ1) is 17.5. The number of aromatic carboxylic acids is 1. The summed E-state index contributed by atoms with van der Waals surface area (Å²) in [7, 11) is 0. The van der Waals surface area contributed by atoms with Crippen LogP contribution in [0.1, 0.15) is 66.4 Å². The predicted molar refractivity (Wildman–Crippen MR) is 146 cm³/mol. The lowest BCUT2D eigenvalue weighted by molar-refractivity contribution is -0.00397. The third-order valence-electron chi connectivity index (χ3n) is 6.66. The van der Waals surface area contributed by atoms with E-state index in [1.54, 1.807) is 25.1 Å². The zero-order valence-electron chi connectivity index (χ0n) is 22.3. The zero-order chi connectivity index (χ0) is 27.2. The Balaban J connectivity index is 1.61. The van der Waals surface area contributed by atoms with Gasteiger partial charge in [0.05, 0.1) is 24.4 Å². The van der Waals surface area contributed by atoms with Crippen LogP contribution < -0.4 is 5.32 Å². The Bertz CT molecular complexity index is 1220. The fourth-order valence-electron chi connectivity index (χ4n) is 4.49. The molecule has 3 aromatic carbocycles. The molecule has 0 fully saturated rings. The molecule has 3 rings (SSSR count). The number of halogens is 1. The Morgan fingerprint density at radius 3 is 2.51 bits per heavy atom. The van der Waals surface area contributed by atoms with Gasteiger partial charge in [0.25, 0.3) is 0 Å². The van der Waals surface area contributed by atoms with Gasteiger partial charge in [0.2, 0.25) is 0 Å². The largest absolute Gasteiger partial charge is 0.478 e. The highest BCUT2D eigenvalue weighted by atomic mass is 19.1. The van der Waals surface area contributed by atoms with E-state index in [9.17, 15) is 19.4 Å². The Morgan fingerprint density at radius 2 is 1.84 bits per heavy atom. The maximum absolute atomic E-state index is 13.9. The topological polar surface area (TPSA) is 78.8 Å². The number of aliphatic hydroxyl groups excluding tert-OH is 1. The van der Waals surface area contributed by atoms with Crippen LogP contribution in [0.5, 0.6) is 0 Å². The van der Waals surface area contributed by atoms with E-state index in [-0.39, 0.29) is 24.1 Å². The van der Waals surface area contributed by atoms with Crippen molar-refractivity contribution in [1.29, 1.82) is 0 Å². The van der Waals surface area contributed by atoms with Gasteiger partial charge >= 0.3 is 5.97 Å². The number of aryl methyl sites for hydroxylation is 2. The number of carboxylic acids is 1. The molecule has 37 heavy (non-hydrogen) atoms. The van der Waals surface area contributed by atoms with E-state index in [4.69, 9.17) is 4.74 Å². The fourth-order valence-corrected chi connectivity index (χ4v) is 4.49. The molecule has 198 valence electrons. The van der Waals surface area contributed by atoms with Crippen LogP contribution in [0.4, 0.5) is 4.39 Å². The van der Waals surface area contributed by atoms with Gasteiger partial charge in [0, 0.05) is 12.1 Å². The Morgan fingerprint density at radius 1 is 1.11 bits per heavy atom. The van der Waals surface area contributed by atoms with Crippen LogP contribution in [0.2, 0.25) is 0 Å². The zero-order valence-corrected chi connectivity index (χ0v) is 22.3. The first-order valence-corrected chi connectivity index (χ1v) is 12.8. The summed E-state index contributed by atoms with van der Waals surface area (Å²) in [4.78, 5) is 11.5. The van der Waals surface area contributed by atoms with Gasteiger partial charge in [-0.2, -0.15) is 0 Å². The molecule has 3 N–H and O–H groups in total. The van der Waals surface area contributed by atoms with Gasteiger partial charge < -0.3 is 20.3 Å². The highest BCUT2D eigenvalue weighted by Crippen LogP contribution is 2.31. The second-order valence-corrected chi connectivity index (χ2v) is 10.3. The molecule has 0 saturated carbocycles. The highest BCUT2D eigenvalue weighted by molar-refractivity contribution is 5.90. The maximum atomic E-state index is 13.9. The molecular formula is C31H38FNO4. The third kappa shape index (κ3) is 7.71. The fraction of sp³-hybridized carbons (Fsp3) is 0.387. The number of ether oxygens (including phenoxy) is 1. The van der Waals surface area contributed by atoms with Crippen LogP contribution in [-0.4, -0.2) is 41.0 Å². The minimum atomic E-state index is -0.926. The summed E-state index contributed by atoms with van der Waals surface area (Å²) in [6, 6.07) is 18.6. The molecule has 5 nitrogen and oxygen atoms in total. The van der Waals surface area contributed by atoms with Crippen molar-refractivity contribution >= 4 is 5.97 Å². The average Bonchev–Trinajstić information content (AvgIpc) is 2.87. The molecule has 2 unspecified atom stereocenters. The van der Waals surface area contributed by atoms with Crippen LogP contribution >= 0.6 is 0 Å². The monoisotopic (exact) mass is 507 g/mol. The number of carboxylic acid groups (broad SMARTS) is 1. The Labute approximate surface area is 219 Å². The van der Waals surface area contributed by atoms with Crippen LogP contribution in [0.25, 0.3) is 11.1 Å². The number of carbonyl (C=O) groups is 1. The van der Waals surface area contributed by atoms with Gasteiger partial charge in [-0.25, -0.2) is 9.18 Å². The van der Waals surface area contributed by atoms with E-state index in [1.807, 2.05) is 70.2 Å². The minimum Gasteiger partial charge on any atom is -0.478 e. The molecule has 0 amide bonds. The van der Waals surface area contributed by atoms with Gasteiger partial charge in [-0.15, -0.1) is 0 Å². The predicted octanol–water partition coefficient (Wildman–Crippen LogP) is 6.11. The van der Waals surface area contributed by atoms with Crippen LogP contribution in [0.3, 0.4) is 0 Å². The number of hydrogen-bond acceptors (Lipinski definition) is 4. The van der Waals surface area contributed by atoms with Crippen molar-refractivity contribution in [3.8, 4) is 11.1 Å². The van der Waals surface area contributed by atoms with Crippen molar-refractivity contribution in [1.82, 2.24) is 5.32 Å². The molecule has 0 aliphatic heterocycles. The molecule has 0 heterocycles. The number of nitrogens with one attached hydrogen (secondary N) is 1. The number of benzene rings is 3. The van der Waals surface area contributed by atoms with E-state index in [2.05, 4.69) is 5.32 Å². The first kappa shape index (κ1) is 28.5. The van der Waals surface area contributed by atoms with E-state index < -0.39 is 12.1 Å². The van der Waals surface area contributed by atoms with E-state index in [0.717, 1.165) is 27.8 Å². The molecule has 0 aliphatic carbocycles. The standard InChI is InChI=1S/C31H38FNO4/c1-6-23-16-24(13-14-28(23)30(35)36)27-10-8-7-9-26(27)21(3)37-19-25(34)18-33-31(4,5)17-22-12-11-20(2)29(32)15-22/h7-16,21,25,33-34H,6,17-19H2,1-5H3,(H,35,36). The molecule has 2 atom stereocenters. The van der Waals surface area contributed by atoms with Crippen LogP contribution in [0.15, 0.2) is 60.7 Å². The lowest BCUT2D eigenvalue weighted by Crippen LogP contribution is -2.46. The van der Waals surface area contributed by atoms with Gasteiger partial charge in [-0.1, -0.05) is 55.5 Å². The molecule has 0 aromatic heterocycles. The second-order valence-electron chi connectivity index (χ2n) is 10.3. The number of hydrogen-bond donors (Lipinski definition) is 3. The average molecular weight is 508 g/mol.